The molecule has 0 bridgehead atoms. The number of hydrogen-bond donors (Lipinski definition) is 1. The van der Waals surface area contributed by atoms with Gasteiger partial charge in [0, 0.05) is 14.1 Å². The Morgan fingerprint density at radius 1 is 1.27 bits per heavy atom. The second kappa shape index (κ2) is 6.65. The topological polar surface area (TPSA) is 51.2 Å². The van der Waals surface area contributed by atoms with Crippen LogP contribution in [0.1, 0.15) is 5.56 Å². The van der Waals surface area contributed by atoms with Crippen molar-refractivity contribution in [2.75, 3.05) is 14.1 Å². The van der Waals surface area contributed by atoms with Crippen molar-refractivity contribution in [1.29, 1.82) is 0 Å². The number of hydrogen-bond acceptors (Lipinski definition) is 6. The number of aliphatic hydroxyl groups is 1. The van der Waals surface area contributed by atoms with Gasteiger partial charge in [0.15, 0.2) is 0 Å². The van der Waals surface area contributed by atoms with E-state index in [9.17, 15) is 0 Å². The summed E-state index contributed by atoms with van der Waals surface area (Å²) in [5, 5.41) is 10.2. The summed E-state index contributed by atoms with van der Waals surface area (Å²) in [6, 6.07) is 7.00. The maximum Gasteiger partial charge on any atom is 0.260 e. The lowest BCUT2D eigenvalue weighted by atomic mass is 10.2. The van der Waals surface area contributed by atoms with E-state index in [-0.39, 0.29) is 6.61 Å². The molecule has 0 aliphatic carbocycles. The van der Waals surface area contributed by atoms with Crippen LogP contribution in [0.4, 0.5) is 0 Å². The standard InChI is InChI=1S/C9H13NO4S/c1-10(2)13-14-15-12-9-5-3-8(7-11)4-6-9/h3-6,11H,7H2,1-2H3. The van der Waals surface area contributed by atoms with E-state index in [1.54, 1.807) is 38.4 Å². The van der Waals surface area contributed by atoms with Gasteiger partial charge in [0.05, 0.1) is 6.61 Å². The molecule has 5 nitrogen and oxygen atoms in total. The van der Waals surface area contributed by atoms with Crippen LogP contribution in [0, 0.1) is 0 Å². The zero-order valence-corrected chi connectivity index (χ0v) is 9.36. The van der Waals surface area contributed by atoms with E-state index < -0.39 is 0 Å². The Morgan fingerprint density at radius 2 is 1.93 bits per heavy atom. The quantitative estimate of drug-likeness (QED) is 0.347. The van der Waals surface area contributed by atoms with E-state index in [1.165, 1.54) is 5.06 Å². The first-order valence-corrected chi connectivity index (χ1v) is 4.94. The molecule has 0 saturated heterocycles. The summed E-state index contributed by atoms with van der Waals surface area (Å²) in [7, 11) is 3.38. The summed E-state index contributed by atoms with van der Waals surface area (Å²) >= 11 is 0.722. The average molecular weight is 231 g/mol. The predicted octanol–water partition coefficient (Wildman–Crippen LogP) is 1.55. The first-order valence-electron chi connectivity index (χ1n) is 4.27. The first-order chi connectivity index (χ1) is 7.22. The Kier molecular flexibility index (Phi) is 5.44. The third-order valence-electron chi connectivity index (χ3n) is 1.44. The Labute approximate surface area is 92.8 Å². The highest BCUT2D eigenvalue weighted by Crippen LogP contribution is 2.18. The summed E-state index contributed by atoms with van der Waals surface area (Å²) in [5.41, 5.74) is 0.831. The fourth-order valence-corrected chi connectivity index (χ4v) is 1.14. The Bertz CT molecular complexity index is 278. The zero-order chi connectivity index (χ0) is 11.1. The largest absolute Gasteiger partial charge is 0.399 e. The van der Waals surface area contributed by atoms with Gasteiger partial charge in [-0.25, -0.2) is 0 Å². The Balaban J connectivity index is 2.25. The van der Waals surface area contributed by atoms with Gasteiger partial charge in [-0.05, 0) is 17.7 Å². The number of hydroxylamine groups is 2. The molecular weight excluding hydrogens is 218 g/mol. The van der Waals surface area contributed by atoms with Gasteiger partial charge >= 0.3 is 0 Å². The van der Waals surface area contributed by atoms with Crippen molar-refractivity contribution in [3.63, 3.8) is 0 Å². The molecule has 0 aromatic heterocycles. The molecule has 0 unspecified atom stereocenters. The van der Waals surface area contributed by atoms with Crippen LogP contribution in [0.5, 0.6) is 5.75 Å². The fourth-order valence-electron chi connectivity index (χ4n) is 0.777. The van der Waals surface area contributed by atoms with Crippen molar-refractivity contribution in [1.82, 2.24) is 5.06 Å². The van der Waals surface area contributed by atoms with E-state index >= 15 is 0 Å². The lowest BCUT2D eigenvalue weighted by molar-refractivity contribution is -0.342. The fraction of sp³-hybridized carbons (Fsp3) is 0.333. The summed E-state index contributed by atoms with van der Waals surface area (Å²) in [6.45, 7) is 0.0215. The molecule has 6 heteroatoms. The van der Waals surface area contributed by atoms with E-state index in [4.69, 9.17) is 9.29 Å². The van der Waals surface area contributed by atoms with Crippen LogP contribution in [-0.4, -0.2) is 24.3 Å². The second-order valence-corrected chi connectivity index (χ2v) is 3.35. The molecule has 0 saturated carbocycles. The molecular formula is C9H13NO4S. The highest BCUT2D eigenvalue weighted by molar-refractivity contribution is 7.90. The van der Waals surface area contributed by atoms with Crippen LogP contribution in [0.15, 0.2) is 24.3 Å². The SMILES string of the molecule is CN(C)OOSOc1ccc(CO)cc1. The van der Waals surface area contributed by atoms with Gasteiger partial charge in [-0.15, -0.1) is 9.32 Å². The number of nitrogens with zero attached hydrogens (tertiary/aromatic N) is 1. The van der Waals surface area contributed by atoms with E-state index in [0.717, 1.165) is 17.9 Å². The molecule has 0 spiro atoms. The Morgan fingerprint density at radius 3 is 2.47 bits per heavy atom. The number of benzene rings is 1. The number of aliphatic hydroxyl groups excluding tert-OH is 1. The average Bonchev–Trinajstić information content (AvgIpc) is 2.25. The minimum absolute atomic E-state index is 0.0215. The van der Waals surface area contributed by atoms with Crippen molar-refractivity contribution in [2.24, 2.45) is 0 Å². The van der Waals surface area contributed by atoms with E-state index in [1.807, 2.05) is 0 Å². The molecule has 0 radical (unpaired) electrons. The molecule has 0 fully saturated rings. The van der Waals surface area contributed by atoms with Gasteiger partial charge in [-0.3, -0.25) is 0 Å². The molecule has 0 amide bonds. The van der Waals surface area contributed by atoms with Crippen LogP contribution < -0.4 is 4.18 Å². The summed E-state index contributed by atoms with van der Waals surface area (Å²) in [6.07, 6.45) is 0. The van der Waals surface area contributed by atoms with Gasteiger partial charge < -0.3 is 9.29 Å². The second-order valence-electron chi connectivity index (χ2n) is 2.91. The minimum Gasteiger partial charge on any atom is -0.399 e. The highest BCUT2D eigenvalue weighted by atomic mass is 32.2. The van der Waals surface area contributed by atoms with Crippen molar-refractivity contribution >= 4 is 12.3 Å². The lowest BCUT2D eigenvalue weighted by Crippen LogP contribution is -2.10. The molecule has 0 aliphatic heterocycles. The molecule has 15 heavy (non-hydrogen) atoms. The molecule has 1 N–H and O–H groups in total. The smallest absolute Gasteiger partial charge is 0.260 e. The van der Waals surface area contributed by atoms with Gasteiger partial charge in [0.2, 0.25) is 0 Å². The van der Waals surface area contributed by atoms with Crippen LogP contribution in [0.2, 0.25) is 0 Å². The van der Waals surface area contributed by atoms with Crippen molar-refractivity contribution in [3.05, 3.63) is 29.8 Å². The van der Waals surface area contributed by atoms with E-state index in [0.29, 0.717) is 5.75 Å². The van der Waals surface area contributed by atoms with Gasteiger partial charge in [0.25, 0.3) is 12.3 Å². The predicted molar refractivity (Wildman–Crippen MR) is 56.4 cm³/mol. The van der Waals surface area contributed by atoms with Gasteiger partial charge in [-0.2, -0.15) is 5.06 Å². The monoisotopic (exact) mass is 231 g/mol. The third kappa shape index (κ3) is 5.01. The maximum atomic E-state index is 8.81. The molecule has 1 rings (SSSR count). The highest BCUT2D eigenvalue weighted by Gasteiger charge is 1.97. The first kappa shape index (κ1) is 12.3. The molecule has 1 aromatic carbocycles. The lowest BCUT2D eigenvalue weighted by Gasteiger charge is -2.07. The molecule has 1 aromatic rings. The van der Waals surface area contributed by atoms with Crippen molar-refractivity contribution in [2.45, 2.75) is 6.61 Å². The normalized spacial score (nSPS) is 10.7. The minimum atomic E-state index is 0.0215. The summed E-state index contributed by atoms with van der Waals surface area (Å²) in [4.78, 5) is 4.64. The maximum absolute atomic E-state index is 8.81. The summed E-state index contributed by atoms with van der Waals surface area (Å²) in [5.74, 6) is 0.625. The van der Waals surface area contributed by atoms with Gasteiger partial charge in [-0.1, -0.05) is 12.1 Å². The molecule has 0 aliphatic rings. The van der Waals surface area contributed by atoms with Crippen molar-refractivity contribution < 1.29 is 18.6 Å². The molecule has 0 heterocycles. The zero-order valence-electron chi connectivity index (χ0n) is 8.54. The molecule has 0 atom stereocenters. The Hall–Kier alpha value is -0.790. The number of rotatable bonds is 6. The van der Waals surface area contributed by atoms with E-state index in [2.05, 4.69) is 9.32 Å². The van der Waals surface area contributed by atoms with Crippen LogP contribution in [0.25, 0.3) is 0 Å². The molecule has 84 valence electrons. The van der Waals surface area contributed by atoms with Crippen LogP contribution in [0.3, 0.4) is 0 Å². The summed E-state index contributed by atoms with van der Waals surface area (Å²) < 4.78 is 9.74. The third-order valence-corrected chi connectivity index (χ3v) is 1.82. The van der Waals surface area contributed by atoms with Crippen LogP contribution in [-0.2, 0) is 15.9 Å². The van der Waals surface area contributed by atoms with Gasteiger partial charge in [0.1, 0.15) is 5.75 Å². The van der Waals surface area contributed by atoms with Crippen molar-refractivity contribution in [3.8, 4) is 5.75 Å². The van der Waals surface area contributed by atoms with Crippen LogP contribution >= 0.6 is 12.3 Å².